The fraction of sp³-hybridized carbons (Fsp3) is 0.467. The van der Waals surface area contributed by atoms with E-state index in [4.69, 9.17) is 11.6 Å². The summed E-state index contributed by atoms with van der Waals surface area (Å²) < 4.78 is 1.74. The quantitative estimate of drug-likeness (QED) is 0.890. The zero-order chi connectivity index (χ0) is 14.5. The minimum absolute atomic E-state index is 0.240. The summed E-state index contributed by atoms with van der Waals surface area (Å²) in [5.41, 5.74) is 3.47. The lowest BCUT2D eigenvalue weighted by atomic mass is 9.97. The third-order valence-corrected chi connectivity index (χ3v) is 3.55. The predicted octanol–water partition coefficient (Wildman–Crippen LogP) is 3.06. The van der Waals surface area contributed by atoms with Crippen LogP contribution >= 0.6 is 11.6 Å². The highest BCUT2D eigenvalue weighted by Gasteiger charge is 2.15. The van der Waals surface area contributed by atoms with Crippen molar-refractivity contribution < 1.29 is 0 Å². The van der Waals surface area contributed by atoms with Crippen LogP contribution in [-0.2, 0) is 13.5 Å². The molecular weight excluding hydrogens is 272 g/mol. The SMILES string of the molecule is CCCNC(Cc1cn(C)nn1)c1ccc(Cl)cc1C. The van der Waals surface area contributed by atoms with E-state index in [2.05, 4.69) is 35.5 Å². The van der Waals surface area contributed by atoms with Gasteiger partial charge in [-0.1, -0.05) is 29.8 Å². The lowest BCUT2D eigenvalue weighted by molar-refractivity contribution is 0.522. The van der Waals surface area contributed by atoms with Crippen LogP contribution in [0.15, 0.2) is 24.4 Å². The van der Waals surface area contributed by atoms with Gasteiger partial charge in [-0.05, 0) is 43.1 Å². The van der Waals surface area contributed by atoms with E-state index in [-0.39, 0.29) is 6.04 Å². The first-order valence-corrected chi connectivity index (χ1v) is 7.32. The van der Waals surface area contributed by atoms with Crippen LogP contribution < -0.4 is 5.32 Å². The van der Waals surface area contributed by atoms with E-state index in [0.717, 1.165) is 30.1 Å². The van der Waals surface area contributed by atoms with E-state index in [9.17, 15) is 0 Å². The molecule has 2 aromatic rings. The van der Waals surface area contributed by atoms with Crippen molar-refractivity contribution in [2.75, 3.05) is 6.54 Å². The van der Waals surface area contributed by atoms with Gasteiger partial charge in [0.2, 0.25) is 0 Å². The van der Waals surface area contributed by atoms with Crippen molar-refractivity contribution in [1.82, 2.24) is 20.3 Å². The standard InChI is InChI=1S/C15H21ClN4/c1-4-7-17-15(9-13-10-20(3)19-18-13)14-6-5-12(16)8-11(14)2/h5-6,8,10,15,17H,4,7,9H2,1-3H3. The number of nitrogens with one attached hydrogen (secondary N) is 1. The maximum absolute atomic E-state index is 6.04. The Hall–Kier alpha value is -1.39. The monoisotopic (exact) mass is 292 g/mol. The van der Waals surface area contributed by atoms with Gasteiger partial charge in [0.15, 0.2) is 0 Å². The van der Waals surface area contributed by atoms with Gasteiger partial charge in [0.25, 0.3) is 0 Å². The fourth-order valence-electron chi connectivity index (χ4n) is 2.34. The van der Waals surface area contributed by atoms with Gasteiger partial charge in [0.05, 0.1) is 5.69 Å². The van der Waals surface area contributed by atoms with Gasteiger partial charge in [0.1, 0.15) is 0 Å². The minimum atomic E-state index is 0.240. The minimum Gasteiger partial charge on any atom is -0.310 e. The second-order valence-corrected chi connectivity index (χ2v) is 5.53. The average Bonchev–Trinajstić information content (AvgIpc) is 2.80. The van der Waals surface area contributed by atoms with Crippen LogP contribution in [0.1, 0.15) is 36.2 Å². The first kappa shape index (κ1) is 15.0. The molecule has 0 fully saturated rings. The number of hydrogen-bond acceptors (Lipinski definition) is 3. The second-order valence-electron chi connectivity index (χ2n) is 5.10. The summed E-state index contributed by atoms with van der Waals surface area (Å²) in [4.78, 5) is 0. The molecule has 2 rings (SSSR count). The summed E-state index contributed by atoms with van der Waals surface area (Å²) in [6.07, 6.45) is 3.89. The average molecular weight is 293 g/mol. The highest BCUT2D eigenvalue weighted by Crippen LogP contribution is 2.24. The number of nitrogens with zero attached hydrogens (tertiary/aromatic N) is 3. The molecule has 0 radical (unpaired) electrons. The van der Waals surface area contributed by atoms with E-state index in [1.807, 2.05) is 25.4 Å². The van der Waals surface area contributed by atoms with E-state index in [1.54, 1.807) is 4.68 Å². The number of aryl methyl sites for hydroxylation is 2. The second kappa shape index (κ2) is 6.86. The van der Waals surface area contributed by atoms with E-state index >= 15 is 0 Å². The van der Waals surface area contributed by atoms with Crippen LogP contribution in [0.5, 0.6) is 0 Å². The zero-order valence-electron chi connectivity index (χ0n) is 12.2. The Labute approximate surface area is 125 Å². The van der Waals surface area contributed by atoms with Crippen molar-refractivity contribution in [3.05, 3.63) is 46.2 Å². The molecule has 0 aliphatic carbocycles. The van der Waals surface area contributed by atoms with Crippen molar-refractivity contribution in [3.63, 3.8) is 0 Å². The Morgan fingerprint density at radius 2 is 2.20 bits per heavy atom. The lowest BCUT2D eigenvalue weighted by Gasteiger charge is -2.20. The molecule has 1 atom stereocenters. The molecule has 0 spiro atoms. The summed E-state index contributed by atoms with van der Waals surface area (Å²) in [6.45, 7) is 5.24. The van der Waals surface area contributed by atoms with Crippen LogP contribution in [0.2, 0.25) is 5.02 Å². The Bertz CT molecular complexity index is 565. The van der Waals surface area contributed by atoms with Crippen molar-refractivity contribution >= 4 is 11.6 Å². The smallest absolute Gasteiger partial charge is 0.0845 e. The van der Waals surface area contributed by atoms with Gasteiger partial charge < -0.3 is 5.32 Å². The molecule has 1 heterocycles. The van der Waals surface area contributed by atoms with E-state index < -0.39 is 0 Å². The van der Waals surface area contributed by atoms with Crippen LogP contribution in [-0.4, -0.2) is 21.5 Å². The van der Waals surface area contributed by atoms with Gasteiger partial charge in [-0.2, -0.15) is 0 Å². The maximum atomic E-state index is 6.04. The summed E-state index contributed by atoms with van der Waals surface area (Å²) in [6, 6.07) is 6.29. The fourth-order valence-corrected chi connectivity index (χ4v) is 2.57. The highest BCUT2D eigenvalue weighted by atomic mass is 35.5. The number of rotatable bonds is 6. The molecule has 1 aromatic carbocycles. The number of benzene rings is 1. The Balaban J connectivity index is 2.22. The Morgan fingerprint density at radius 1 is 1.40 bits per heavy atom. The van der Waals surface area contributed by atoms with Crippen molar-refractivity contribution in [3.8, 4) is 0 Å². The van der Waals surface area contributed by atoms with Crippen LogP contribution in [0.4, 0.5) is 0 Å². The van der Waals surface area contributed by atoms with Crippen molar-refractivity contribution in [2.45, 2.75) is 32.7 Å². The number of aromatic nitrogens is 3. The summed E-state index contributed by atoms with van der Waals surface area (Å²) in [5.74, 6) is 0. The molecule has 1 aromatic heterocycles. The van der Waals surface area contributed by atoms with E-state index in [1.165, 1.54) is 11.1 Å². The zero-order valence-corrected chi connectivity index (χ0v) is 13.0. The van der Waals surface area contributed by atoms with Gasteiger partial charge >= 0.3 is 0 Å². The molecule has 5 heteroatoms. The predicted molar refractivity (Wildman–Crippen MR) is 81.9 cm³/mol. The largest absolute Gasteiger partial charge is 0.310 e. The molecular formula is C15H21ClN4. The topological polar surface area (TPSA) is 42.7 Å². The molecule has 0 amide bonds. The Kier molecular flexibility index (Phi) is 5.15. The molecule has 108 valence electrons. The van der Waals surface area contributed by atoms with Gasteiger partial charge in [-0.25, -0.2) is 0 Å². The summed E-state index contributed by atoms with van der Waals surface area (Å²) in [5, 5.41) is 12.5. The first-order chi connectivity index (χ1) is 9.60. The van der Waals surface area contributed by atoms with Crippen molar-refractivity contribution in [2.24, 2.45) is 7.05 Å². The van der Waals surface area contributed by atoms with Gasteiger partial charge in [-0.3, -0.25) is 4.68 Å². The summed E-state index contributed by atoms with van der Waals surface area (Å²) >= 11 is 6.04. The van der Waals surface area contributed by atoms with Crippen LogP contribution in [0.25, 0.3) is 0 Å². The molecule has 0 aliphatic rings. The molecule has 0 aliphatic heterocycles. The normalized spacial score (nSPS) is 12.6. The van der Waals surface area contributed by atoms with E-state index in [0.29, 0.717) is 0 Å². The Morgan fingerprint density at radius 3 is 2.80 bits per heavy atom. The molecule has 1 unspecified atom stereocenters. The number of halogens is 1. The van der Waals surface area contributed by atoms with Crippen LogP contribution in [0.3, 0.4) is 0 Å². The lowest BCUT2D eigenvalue weighted by Crippen LogP contribution is -2.25. The highest BCUT2D eigenvalue weighted by molar-refractivity contribution is 6.30. The molecule has 0 bridgehead atoms. The molecule has 20 heavy (non-hydrogen) atoms. The van der Waals surface area contributed by atoms with Gasteiger partial charge in [0, 0.05) is 30.7 Å². The molecule has 0 saturated carbocycles. The van der Waals surface area contributed by atoms with Crippen molar-refractivity contribution in [1.29, 1.82) is 0 Å². The maximum Gasteiger partial charge on any atom is 0.0845 e. The number of hydrogen-bond donors (Lipinski definition) is 1. The summed E-state index contributed by atoms with van der Waals surface area (Å²) in [7, 11) is 1.89. The first-order valence-electron chi connectivity index (χ1n) is 6.94. The van der Waals surface area contributed by atoms with Crippen LogP contribution in [0, 0.1) is 6.92 Å². The third kappa shape index (κ3) is 3.81. The third-order valence-electron chi connectivity index (χ3n) is 3.31. The molecule has 4 nitrogen and oxygen atoms in total. The van der Waals surface area contributed by atoms with Gasteiger partial charge in [-0.15, -0.1) is 5.10 Å². The molecule has 0 saturated heterocycles. The molecule has 1 N–H and O–H groups in total.